The van der Waals surface area contributed by atoms with Crippen LogP contribution in [0, 0.1) is 0 Å². The monoisotopic (exact) mass is 341 g/mol. The standard InChI is InChI=1S/C12H24BrNO3S/c1-10-9-17-11(7-13)8-14(10)5-6-18(15,16)12(2,3)4/h10-11H,5-9H2,1-4H3. The molecule has 1 fully saturated rings. The lowest BCUT2D eigenvalue weighted by molar-refractivity contribution is -0.0441. The Hall–Kier alpha value is 0.350. The zero-order valence-electron chi connectivity index (χ0n) is 11.6. The molecule has 108 valence electrons. The second kappa shape index (κ2) is 6.20. The van der Waals surface area contributed by atoms with Crippen molar-refractivity contribution in [2.24, 2.45) is 0 Å². The zero-order valence-corrected chi connectivity index (χ0v) is 14.1. The molecule has 0 N–H and O–H groups in total. The molecule has 0 aromatic rings. The van der Waals surface area contributed by atoms with Crippen molar-refractivity contribution in [3.8, 4) is 0 Å². The SMILES string of the molecule is CC1COC(CBr)CN1CCS(=O)(=O)C(C)(C)C. The Morgan fingerprint density at radius 3 is 2.50 bits per heavy atom. The normalized spacial score (nSPS) is 27.4. The lowest BCUT2D eigenvalue weighted by Gasteiger charge is -2.37. The maximum Gasteiger partial charge on any atom is 0.156 e. The van der Waals surface area contributed by atoms with Gasteiger partial charge in [-0.25, -0.2) is 8.42 Å². The first-order chi connectivity index (χ1) is 8.17. The van der Waals surface area contributed by atoms with E-state index < -0.39 is 14.6 Å². The molecule has 1 aliphatic heterocycles. The highest BCUT2D eigenvalue weighted by molar-refractivity contribution is 9.09. The largest absolute Gasteiger partial charge is 0.374 e. The Balaban J connectivity index is 2.57. The van der Waals surface area contributed by atoms with E-state index in [1.807, 2.05) is 0 Å². The first-order valence-corrected chi connectivity index (χ1v) is 9.08. The summed E-state index contributed by atoms with van der Waals surface area (Å²) in [6, 6.07) is 0.287. The van der Waals surface area contributed by atoms with Gasteiger partial charge in [-0.05, 0) is 27.7 Å². The van der Waals surface area contributed by atoms with Gasteiger partial charge in [0.2, 0.25) is 0 Å². The van der Waals surface area contributed by atoms with Crippen LogP contribution in [0.5, 0.6) is 0 Å². The Morgan fingerprint density at radius 2 is 2.00 bits per heavy atom. The Morgan fingerprint density at radius 1 is 1.39 bits per heavy atom. The van der Waals surface area contributed by atoms with Crippen LogP contribution in [0.4, 0.5) is 0 Å². The molecule has 0 bridgehead atoms. The molecule has 0 amide bonds. The maximum atomic E-state index is 12.1. The number of rotatable bonds is 4. The highest BCUT2D eigenvalue weighted by Crippen LogP contribution is 2.18. The molecular formula is C12H24BrNO3S. The second-order valence-electron chi connectivity index (χ2n) is 5.88. The number of ether oxygens (including phenoxy) is 1. The van der Waals surface area contributed by atoms with E-state index in [1.165, 1.54) is 0 Å². The van der Waals surface area contributed by atoms with Crippen molar-refractivity contribution in [1.82, 2.24) is 4.90 Å². The minimum atomic E-state index is -3.04. The van der Waals surface area contributed by atoms with Gasteiger partial charge in [0.05, 0.1) is 23.2 Å². The summed E-state index contributed by atoms with van der Waals surface area (Å²) >= 11 is 3.41. The molecular weight excluding hydrogens is 318 g/mol. The Bertz CT molecular complexity index is 364. The zero-order chi connectivity index (χ0) is 14.0. The van der Waals surface area contributed by atoms with E-state index in [0.29, 0.717) is 13.2 Å². The predicted octanol–water partition coefficient (Wildman–Crippen LogP) is 1.68. The number of nitrogens with zero attached hydrogens (tertiary/aromatic N) is 1. The number of morpholine rings is 1. The number of hydrogen-bond acceptors (Lipinski definition) is 4. The number of halogens is 1. The van der Waals surface area contributed by atoms with Crippen molar-refractivity contribution >= 4 is 25.8 Å². The molecule has 0 aromatic heterocycles. The molecule has 1 saturated heterocycles. The summed E-state index contributed by atoms with van der Waals surface area (Å²) < 4.78 is 29.1. The molecule has 1 rings (SSSR count). The van der Waals surface area contributed by atoms with Gasteiger partial charge in [-0.1, -0.05) is 15.9 Å². The van der Waals surface area contributed by atoms with Crippen molar-refractivity contribution in [2.75, 3.05) is 30.8 Å². The lowest BCUT2D eigenvalue weighted by atomic mass is 10.2. The average Bonchev–Trinajstić information content (AvgIpc) is 2.26. The van der Waals surface area contributed by atoms with Crippen LogP contribution >= 0.6 is 15.9 Å². The minimum absolute atomic E-state index is 0.165. The van der Waals surface area contributed by atoms with Gasteiger partial charge >= 0.3 is 0 Å². The number of hydrogen-bond donors (Lipinski definition) is 0. The molecule has 0 radical (unpaired) electrons. The summed E-state index contributed by atoms with van der Waals surface area (Å²) in [7, 11) is -3.04. The van der Waals surface area contributed by atoms with Crippen LogP contribution < -0.4 is 0 Å². The summed E-state index contributed by atoms with van der Waals surface area (Å²) in [5.41, 5.74) is 0. The summed E-state index contributed by atoms with van der Waals surface area (Å²) in [4.78, 5) is 2.21. The van der Waals surface area contributed by atoms with E-state index in [-0.39, 0.29) is 17.9 Å². The van der Waals surface area contributed by atoms with Crippen molar-refractivity contribution in [2.45, 2.75) is 44.6 Å². The van der Waals surface area contributed by atoms with Gasteiger partial charge in [0.15, 0.2) is 9.84 Å². The quantitative estimate of drug-likeness (QED) is 0.730. The van der Waals surface area contributed by atoms with Crippen molar-refractivity contribution in [3.63, 3.8) is 0 Å². The molecule has 1 aliphatic rings. The van der Waals surface area contributed by atoms with E-state index in [0.717, 1.165) is 11.9 Å². The Labute approximate surface area is 119 Å². The molecule has 0 aliphatic carbocycles. The third-order valence-electron chi connectivity index (χ3n) is 3.39. The van der Waals surface area contributed by atoms with E-state index in [1.54, 1.807) is 20.8 Å². The van der Waals surface area contributed by atoms with Gasteiger partial charge in [-0.15, -0.1) is 0 Å². The fourth-order valence-corrected chi connectivity index (χ4v) is 3.30. The third kappa shape index (κ3) is 4.18. The first-order valence-electron chi connectivity index (χ1n) is 6.31. The van der Waals surface area contributed by atoms with Crippen LogP contribution in [0.25, 0.3) is 0 Å². The molecule has 6 heteroatoms. The molecule has 1 heterocycles. The summed E-state index contributed by atoms with van der Waals surface area (Å²) in [5, 5.41) is 0.794. The first kappa shape index (κ1) is 16.4. The predicted molar refractivity (Wildman–Crippen MR) is 78.1 cm³/mol. The van der Waals surface area contributed by atoms with E-state index in [2.05, 4.69) is 27.8 Å². The van der Waals surface area contributed by atoms with Gasteiger partial charge < -0.3 is 4.74 Å². The third-order valence-corrected chi connectivity index (χ3v) is 6.70. The molecule has 2 unspecified atom stereocenters. The average molecular weight is 342 g/mol. The summed E-state index contributed by atoms with van der Waals surface area (Å²) in [5.74, 6) is 0.218. The van der Waals surface area contributed by atoms with Crippen molar-refractivity contribution < 1.29 is 13.2 Å². The fraction of sp³-hybridized carbons (Fsp3) is 1.00. The molecule has 18 heavy (non-hydrogen) atoms. The van der Waals surface area contributed by atoms with Crippen LogP contribution in [-0.2, 0) is 14.6 Å². The van der Waals surface area contributed by atoms with Crippen LogP contribution in [0.2, 0.25) is 0 Å². The van der Waals surface area contributed by atoms with Gasteiger partial charge in [0, 0.05) is 24.5 Å². The van der Waals surface area contributed by atoms with Gasteiger partial charge in [0.1, 0.15) is 0 Å². The van der Waals surface area contributed by atoms with Crippen LogP contribution in [0.1, 0.15) is 27.7 Å². The molecule has 0 spiro atoms. The van der Waals surface area contributed by atoms with E-state index in [4.69, 9.17) is 4.74 Å². The van der Waals surface area contributed by atoms with Gasteiger partial charge in [-0.2, -0.15) is 0 Å². The molecule has 2 atom stereocenters. The smallest absolute Gasteiger partial charge is 0.156 e. The van der Waals surface area contributed by atoms with Gasteiger partial charge in [-0.3, -0.25) is 4.90 Å². The minimum Gasteiger partial charge on any atom is -0.374 e. The van der Waals surface area contributed by atoms with Crippen LogP contribution in [0.3, 0.4) is 0 Å². The van der Waals surface area contributed by atoms with E-state index >= 15 is 0 Å². The molecule has 0 aromatic carbocycles. The highest BCUT2D eigenvalue weighted by Gasteiger charge is 2.31. The van der Waals surface area contributed by atoms with Crippen molar-refractivity contribution in [3.05, 3.63) is 0 Å². The maximum absolute atomic E-state index is 12.1. The molecule has 4 nitrogen and oxygen atoms in total. The van der Waals surface area contributed by atoms with Crippen molar-refractivity contribution in [1.29, 1.82) is 0 Å². The lowest BCUT2D eigenvalue weighted by Crippen LogP contribution is -2.50. The topological polar surface area (TPSA) is 46.6 Å². The molecule has 0 saturated carbocycles. The van der Waals surface area contributed by atoms with Crippen LogP contribution in [-0.4, -0.2) is 61.0 Å². The highest BCUT2D eigenvalue weighted by atomic mass is 79.9. The summed E-state index contributed by atoms with van der Waals surface area (Å²) in [6.07, 6.45) is 0.165. The van der Waals surface area contributed by atoms with Crippen LogP contribution in [0.15, 0.2) is 0 Å². The van der Waals surface area contributed by atoms with E-state index in [9.17, 15) is 8.42 Å². The summed E-state index contributed by atoms with van der Waals surface area (Å²) in [6.45, 7) is 9.41. The van der Waals surface area contributed by atoms with Gasteiger partial charge in [0.25, 0.3) is 0 Å². The number of alkyl halides is 1. The fourth-order valence-electron chi connectivity index (χ4n) is 1.82. The number of sulfone groups is 1. The second-order valence-corrected chi connectivity index (χ2v) is 9.39. The Kier molecular flexibility index (Phi) is 5.65.